The number of amides is 1. The van der Waals surface area contributed by atoms with Gasteiger partial charge in [0.15, 0.2) is 5.96 Å². The van der Waals surface area contributed by atoms with Crippen molar-refractivity contribution >= 4 is 11.9 Å². The Bertz CT molecular complexity index is 945. The lowest BCUT2D eigenvalue weighted by Crippen LogP contribution is -2.56. The van der Waals surface area contributed by atoms with E-state index in [1.165, 1.54) is 31.4 Å². The van der Waals surface area contributed by atoms with E-state index in [1.807, 2.05) is 24.3 Å². The summed E-state index contributed by atoms with van der Waals surface area (Å²) in [6.07, 6.45) is 3.73. The lowest BCUT2D eigenvalue weighted by molar-refractivity contribution is 0.0372. The van der Waals surface area contributed by atoms with Gasteiger partial charge in [-0.1, -0.05) is 42.5 Å². The monoisotopic (exact) mass is 447 g/mol. The molecule has 6 heteroatoms. The zero-order valence-electron chi connectivity index (χ0n) is 20.0. The number of hydrogen-bond acceptors (Lipinski definition) is 3. The Morgan fingerprint density at radius 3 is 2.67 bits per heavy atom. The minimum Gasteiger partial charge on any atom is -0.357 e. The summed E-state index contributed by atoms with van der Waals surface area (Å²) in [6, 6.07) is 19.3. The number of carbonyl (C=O) groups excluding carboxylic acids is 1. The van der Waals surface area contributed by atoms with Gasteiger partial charge < -0.3 is 15.5 Å². The minimum atomic E-state index is -0.0628. The van der Waals surface area contributed by atoms with Crippen molar-refractivity contribution in [3.05, 3.63) is 71.3 Å². The molecule has 0 aliphatic carbocycles. The molecule has 2 aromatic rings. The summed E-state index contributed by atoms with van der Waals surface area (Å²) in [7, 11) is 1.66. The van der Waals surface area contributed by atoms with Crippen LogP contribution in [0.4, 0.5) is 0 Å². The van der Waals surface area contributed by atoms with Crippen LogP contribution in [0.15, 0.2) is 59.6 Å². The van der Waals surface area contributed by atoms with E-state index in [2.05, 4.69) is 57.7 Å². The molecule has 2 saturated heterocycles. The fourth-order valence-electron chi connectivity index (χ4n) is 5.26. The molecular weight excluding hydrogens is 410 g/mol. The molecule has 0 bridgehead atoms. The smallest absolute Gasteiger partial charge is 0.251 e. The highest BCUT2D eigenvalue weighted by Gasteiger charge is 2.36. The number of fused-ring (bicyclic) bond motifs is 1. The predicted molar refractivity (Wildman–Crippen MR) is 134 cm³/mol. The Balaban J connectivity index is 1.42. The first-order valence-corrected chi connectivity index (χ1v) is 12.3. The number of hydrogen-bond donors (Lipinski definition) is 2. The van der Waals surface area contributed by atoms with Gasteiger partial charge in [0, 0.05) is 44.8 Å². The van der Waals surface area contributed by atoms with Crippen molar-refractivity contribution in [1.82, 2.24) is 20.4 Å². The molecule has 0 spiro atoms. The Hall–Kier alpha value is -2.86. The van der Waals surface area contributed by atoms with E-state index in [9.17, 15) is 4.79 Å². The van der Waals surface area contributed by atoms with Crippen LogP contribution in [0.1, 0.15) is 47.7 Å². The van der Waals surface area contributed by atoms with E-state index < -0.39 is 0 Å². The maximum Gasteiger partial charge on any atom is 0.251 e. The average molecular weight is 448 g/mol. The van der Waals surface area contributed by atoms with Crippen molar-refractivity contribution in [2.75, 3.05) is 33.2 Å². The maximum atomic E-state index is 12.0. The second kappa shape index (κ2) is 11.3. The molecule has 6 nitrogen and oxygen atoms in total. The summed E-state index contributed by atoms with van der Waals surface area (Å²) in [5, 5.41) is 6.19. The second-order valence-electron chi connectivity index (χ2n) is 9.11. The molecule has 2 fully saturated rings. The van der Waals surface area contributed by atoms with E-state index >= 15 is 0 Å². The van der Waals surface area contributed by atoms with Gasteiger partial charge in [-0.25, -0.2) is 4.99 Å². The molecule has 0 saturated carbocycles. The fraction of sp³-hybridized carbons (Fsp3) is 0.481. The predicted octanol–water partition coefficient (Wildman–Crippen LogP) is 3.50. The molecule has 1 amide bonds. The van der Waals surface area contributed by atoms with Crippen molar-refractivity contribution in [3.8, 4) is 0 Å². The third kappa shape index (κ3) is 5.93. The van der Waals surface area contributed by atoms with Crippen molar-refractivity contribution in [3.63, 3.8) is 0 Å². The summed E-state index contributed by atoms with van der Waals surface area (Å²) in [5.41, 5.74) is 3.14. The van der Waals surface area contributed by atoms with Gasteiger partial charge in [0.1, 0.15) is 0 Å². The Labute approximate surface area is 198 Å². The first-order valence-electron chi connectivity index (χ1n) is 12.3. The molecule has 2 aromatic carbocycles. The molecule has 4 rings (SSSR count). The largest absolute Gasteiger partial charge is 0.357 e. The number of rotatable bonds is 6. The molecule has 2 heterocycles. The zero-order chi connectivity index (χ0) is 23.0. The van der Waals surface area contributed by atoms with Gasteiger partial charge in [0.25, 0.3) is 5.91 Å². The zero-order valence-corrected chi connectivity index (χ0v) is 20.0. The number of nitrogens with one attached hydrogen (secondary N) is 2. The molecule has 0 radical (unpaired) electrons. The lowest BCUT2D eigenvalue weighted by atomic mass is 9.83. The summed E-state index contributed by atoms with van der Waals surface area (Å²) < 4.78 is 0. The van der Waals surface area contributed by atoms with E-state index in [0.29, 0.717) is 24.1 Å². The summed E-state index contributed by atoms with van der Waals surface area (Å²) >= 11 is 0. The maximum absolute atomic E-state index is 12.0. The highest BCUT2D eigenvalue weighted by Crippen LogP contribution is 2.31. The lowest BCUT2D eigenvalue weighted by Gasteiger charge is -2.48. The molecule has 2 aliphatic rings. The molecule has 0 aromatic heterocycles. The molecule has 33 heavy (non-hydrogen) atoms. The van der Waals surface area contributed by atoms with Crippen LogP contribution in [0.5, 0.6) is 0 Å². The standard InChI is InChI=1S/C27H37N5O/c1-3-29-27(30-18-22-11-7-12-23(17-22)26(33)28-2)32-16-14-25-24(20-32)13-8-15-31(25)19-21-9-5-4-6-10-21/h4-7,9-12,17,24-25H,3,8,13-16,18-20H2,1-2H3,(H,28,33)(H,29,30). The summed E-state index contributed by atoms with van der Waals surface area (Å²) in [4.78, 5) is 22.0. The van der Waals surface area contributed by atoms with Crippen LogP contribution < -0.4 is 10.6 Å². The second-order valence-corrected chi connectivity index (χ2v) is 9.11. The first kappa shape index (κ1) is 23.3. The third-order valence-electron chi connectivity index (χ3n) is 6.87. The first-order chi connectivity index (χ1) is 16.2. The molecule has 176 valence electrons. The van der Waals surface area contributed by atoms with E-state index in [4.69, 9.17) is 4.99 Å². The van der Waals surface area contributed by atoms with Crippen molar-refractivity contribution < 1.29 is 4.79 Å². The molecule has 2 unspecified atom stereocenters. The number of aliphatic imine (C=N–C) groups is 1. The third-order valence-corrected chi connectivity index (χ3v) is 6.87. The highest BCUT2D eigenvalue weighted by molar-refractivity contribution is 5.94. The van der Waals surface area contributed by atoms with E-state index in [-0.39, 0.29) is 5.91 Å². The number of guanidine groups is 1. The minimum absolute atomic E-state index is 0.0628. The molecular formula is C27H37N5O. The van der Waals surface area contributed by atoms with Crippen LogP contribution in [0.3, 0.4) is 0 Å². The van der Waals surface area contributed by atoms with Crippen LogP contribution in [0.2, 0.25) is 0 Å². The Morgan fingerprint density at radius 2 is 1.88 bits per heavy atom. The van der Waals surface area contributed by atoms with Gasteiger partial charge in [-0.2, -0.15) is 0 Å². The number of carbonyl (C=O) groups is 1. The summed E-state index contributed by atoms with van der Waals surface area (Å²) in [6.45, 7) is 7.87. The number of piperidine rings is 2. The Kier molecular flexibility index (Phi) is 8.00. The van der Waals surface area contributed by atoms with Crippen LogP contribution in [-0.2, 0) is 13.1 Å². The van der Waals surface area contributed by atoms with Gasteiger partial charge in [0.2, 0.25) is 0 Å². The topological polar surface area (TPSA) is 60.0 Å². The number of benzene rings is 2. The van der Waals surface area contributed by atoms with Crippen LogP contribution >= 0.6 is 0 Å². The van der Waals surface area contributed by atoms with Crippen molar-refractivity contribution in [2.45, 2.75) is 45.3 Å². The normalized spacial score (nSPS) is 21.4. The molecule has 2 N–H and O–H groups in total. The SMILES string of the molecule is CCNC(=NCc1cccc(C(=O)NC)c1)N1CCC2C(CCCN2Cc2ccccc2)C1. The van der Waals surface area contributed by atoms with Gasteiger partial charge >= 0.3 is 0 Å². The number of nitrogens with zero attached hydrogens (tertiary/aromatic N) is 3. The van der Waals surface area contributed by atoms with E-state index in [0.717, 1.165) is 37.7 Å². The number of likely N-dealkylation sites (tertiary alicyclic amines) is 2. The highest BCUT2D eigenvalue weighted by atomic mass is 16.1. The van der Waals surface area contributed by atoms with Crippen LogP contribution in [0.25, 0.3) is 0 Å². The molecule has 2 aliphatic heterocycles. The van der Waals surface area contributed by atoms with E-state index in [1.54, 1.807) is 7.05 Å². The Morgan fingerprint density at radius 1 is 1.06 bits per heavy atom. The van der Waals surface area contributed by atoms with Crippen molar-refractivity contribution in [1.29, 1.82) is 0 Å². The van der Waals surface area contributed by atoms with Gasteiger partial charge in [-0.3, -0.25) is 9.69 Å². The van der Waals surface area contributed by atoms with Crippen molar-refractivity contribution in [2.24, 2.45) is 10.9 Å². The summed E-state index contributed by atoms with van der Waals surface area (Å²) in [5.74, 6) is 1.60. The van der Waals surface area contributed by atoms with Gasteiger partial charge in [-0.15, -0.1) is 0 Å². The van der Waals surface area contributed by atoms with Gasteiger partial charge in [0.05, 0.1) is 6.54 Å². The van der Waals surface area contributed by atoms with Crippen LogP contribution in [0, 0.1) is 5.92 Å². The average Bonchev–Trinajstić information content (AvgIpc) is 2.86. The fourth-order valence-corrected chi connectivity index (χ4v) is 5.26. The van der Waals surface area contributed by atoms with Crippen LogP contribution in [-0.4, -0.2) is 60.9 Å². The quantitative estimate of drug-likeness (QED) is 0.526. The molecule has 2 atom stereocenters. The van der Waals surface area contributed by atoms with Gasteiger partial charge in [-0.05, 0) is 61.9 Å².